The smallest absolute Gasteiger partial charge is 0.409 e. The molecule has 0 atom stereocenters. The first-order valence-corrected chi connectivity index (χ1v) is 11.0. The molecule has 158 valence electrons. The van der Waals surface area contributed by atoms with Gasteiger partial charge in [-0.25, -0.2) is 14.8 Å². The molecule has 7 nitrogen and oxygen atoms in total. The Morgan fingerprint density at radius 1 is 1.23 bits per heavy atom. The number of amides is 1. The molecule has 1 amide bonds. The number of thiophene rings is 1. The van der Waals surface area contributed by atoms with Gasteiger partial charge in [-0.1, -0.05) is 30.3 Å². The summed E-state index contributed by atoms with van der Waals surface area (Å²) in [6.45, 7) is 2.04. The van der Waals surface area contributed by atoms with E-state index in [1.54, 1.807) is 16.2 Å². The normalized spacial score (nSPS) is 15.0. The molecule has 1 N–H and O–H groups in total. The topological polar surface area (TPSA) is 70.6 Å². The van der Waals surface area contributed by atoms with E-state index in [1.807, 2.05) is 20.2 Å². The van der Waals surface area contributed by atoms with Crippen molar-refractivity contribution in [2.75, 3.05) is 39.6 Å². The van der Waals surface area contributed by atoms with Gasteiger partial charge in [-0.2, -0.15) is 0 Å². The number of nitrogens with one attached hydrogen (secondary N) is 1. The number of hydrogen-bond acceptors (Lipinski definition) is 7. The maximum Gasteiger partial charge on any atom is 0.409 e. The number of anilines is 1. The Kier molecular flexibility index (Phi) is 6.15. The zero-order chi connectivity index (χ0) is 21.1. The molecule has 1 aliphatic rings. The number of methoxy groups -OCH3 is 1. The molecule has 3 heterocycles. The van der Waals surface area contributed by atoms with Crippen LogP contribution in [-0.2, 0) is 11.3 Å². The van der Waals surface area contributed by atoms with Crippen LogP contribution in [0.1, 0.15) is 18.7 Å². The van der Waals surface area contributed by atoms with Crippen molar-refractivity contribution < 1.29 is 9.53 Å². The van der Waals surface area contributed by atoms with Crippen molar-refractivity contribution in [3.63, 3.8) is 0 Å². The largest absolute Gasteiger partial charge is 0.453 e. The summed E-state index contributed by atoms with van der Waals surface area (Å²) in [6, 6.07) is 10.6. The SMILES string of the molecule is COC(=O)N1CCC(Nc2nc(CN(C)C)nc3scc(-c4ccccc4)c23)CC1. The van der Waals surface area contributed by atoms with Crippen LogP contribution in [0.4, 0.5) is 10.6 Å². The Morgan fingerprint density at radius 2 is 1.97 bits per heavy atom. The Balaban J connectivity index is 1.66. The minimum atomic E-state index is -0.254. The Bertz CT molecular complexity index is 1010. The molecule has 1 saturated heterocycles. The van der Waals surface area contributed by atoms with Gasteiger partial charge in [0.2, 0.25) is 0 Å². The molecule has 0 unspecified atom stereocenters. The lowest BCUT2D eigenvalue weighted by molar-refractivity contribution is 0.113. The fourth-order valence-electron chi connectivity index (χ4n) is 3.80. The van der Waals surface area contributed by atoms with Gasteiger partial charge in [0.25, 0.3) is 0 Å². The predicted molar refractivity (Wildman–Crippen MR) is 121 cm³/mol. The number of fused-ring (bicyclic) bond motifs is 1. The highest BCUT2D eigenvalue weighted by Crippen LogP contribution is 2.37. The minimum Gasteiger partial charge on any atom is -0.453 e. The van der Waals surface area contributed by atoms with Crippen LogP contribution in [-0.4, -0.2) is 66.2 Å². The van der Waals surface area contributed by atoms with Crippen LogP contribution >= 0.6 is 11.3 Å². The van der Waals surface area contributed by atoms with E-state index in [9.17, 15) is 4.79 Å². The van der Waals surface area contributed by atoms with Crippen LogP contribution in [0.25, 0.3) is 21.3 Å². The van der Waals surface area contributed by atoms with Crippen LogP contribution in [0, 0.1) is 0 Å². The molecule has 0 aliphatic carbocycles. The van der Waals surface area contributed by atoms with Gasteiger partial charge in [0, 0.05) is 30.1 Å². The molecule has 4 rings (SSSR count). The van der Waals surface area contributed by atoms with E-state index in [4.69, 9.17) is 14.7 Å². The second-order valence-electron chi connectivity index (χ2n) is 7.80. The van der Waals surface area contributed by atoms with Crippen molar-refractivity contribution in [1.29, 1.82) is 0 Å². The van der Waals surface area contributed by atoms with Crippen LogP contribution in [0.3, 0.4) is 0 Å². The molecule has 1 aromatic carbocycles. The van der Waals surface area contributed by atoms with Gasteiger partial charge in [0.1, 0.15) is 16.5 Å². The first-order chi connectivity index (χ1) is 14.5. The predicted octanol–water partition coefficient (Wildman–Crippen LogP) is 4.06. The van der Waals surface area contributed by atoms with Crippen molar-refractivity contribution >= 4 is 33.5 Å². The fourth-order valence-corrected chi connectivity index (χ4v) is 4.77. The number of rotatable bonds is 5. The van der Waals surface area contributed by atoms with Crippen LogP contribution in [0.5, 0.6) is 0 Å². The molecule has 0 spiro atoms. The molecule has 2 aromatic heterocycles. The third-order valence-electron chi connectivity index (χ3n) is 5.29. The summed E-state index contributed by atoms with van der Waals surface area (Å²) in [4.78, 5) is 26.3. The van der Waals surface area contributed by atoms with E-state index < -0.39 is 0 Å². The standard InChI is InChI=1S/C22H27N5O2S/c1-26(2)13-18-24-20(23-16-9-11-27(12-10-16)22(28)29-3)19-17(14-30-21(19)25-18)15-7-5-4-6-8-15/h4-8,14,16H,9-13H2,1-3H3,(H,23,24,25). The van der Waals surface area contributed by atoms with Crippen molar-refractivity contribution in [1.82, 2.24) is 19.8 Å². The maximum atomic E-state index is 11.8. The number of aromatic nitrogens is 2. The van der Waals surface area contributed by atoms with Crippen molar-refractivity contribution in [2.24, 2.45) is 0 Å². The van der Waals surface area contributed by atoms with E-state index in [2.05, 4.69) is 39.9 Å². The van der Waals surface area contributed by atoms with Gasteiger partial charge in [-0.3, -0.25) is 0 Å². The molecule has 30 heavy (non-hydrogen) atoms. The Morgan fingerprint density at radius 3 is 2.63 bits per heavy atom. The average molecular weight is 426 g/mol. The summed E-state index contributed by atoms with van der Waals surface area (Å²) in [6.07, 6.45) is 1.46. The Labute approximate surface area is 180 Å². The molecular formula is C22H27N5O2S. The summed E-state index contributed by atoms with van der Waals surface area (Å²) < 4.78 is 4.85. The van der Waals surface area contributed by atoms with Crippen LogP contribution < -0.4 is 5.32 Å². The van der Waals surface area contributed by atoms with Crippen LogP contribution in [0.2, 0.25) is 0 Å². The van der Waals surface area contributed by atoms with Gasteiger partial charge in [-0.15, -0.1) is 11.3 Å². The summed E-state index contributed by atoms with van der Waals surface area (Å²) in [5.41, 5.74) is 2.32. The van der Waals surface area contributed by atoms with E-state index in [1.165, 1.54) is 7.11 Å². The molecule has 1 aliphatic heterocycles. The number of benzene rings is 1. The van der Waals surface area contributed by atoms with Crippen molar-refractivity contribution in [2.45, 2.75) is 25.4 Å². The minimum absolute atomic E-state index is 0.250. The molecule has 8 heteroatoms. The Hall–Kier alpha value is -2.71. The number of likely N-dealkylation sites (tertiary alicyclic amines) is 1. The van der Waals surface area contributed by atoms with E-state index >= 15 is 0 Å². The van der Waals surface area contributed by atoms with Gasteiger partial charge in [0.05, 0.1) is 19.0 Å². The third kappa shape index (κ3) is 4.39. The number of carbonyl (C=O) groups is 1. The van der Waals surface area contributed by atoms with E-state index in [0.29, 0.717) is 19.6 Å². The molecule has 1 fully saturated rings. The monoisotopic (exact) mass is 425 g/mol. The fraction of sp³-hybridized carbons (Fsp3) is 0.409. The molecule has 0 radical (unpaired) electrons. The second-order valence-corrected chi connectivity index (χ2v) is 8.66. The average Bonchev–Trinajstić information content (AvgIpc) is 3.18. The quantitative estimate of drug-likeness (QED) is 0.665. The van der Waals surface area contributed by atoms with Gasteiger partial charge < -0.3 is 19.9 Å². The summed E-state index contributed by atoms with van der Waals surface area (Å²) in [7, 11) is 5.47. The highest BCUT2D eigenvalue weighted by molar-refractivity contribution is 7.17. The summed E-state index contributed by atoms with van der Waals surface area (Å²) in [5.74, 6) is 1.69. The number of carbonyl (C=O) groups excluding carboxylic acids is 1. The van der Waals surface area contributed by atoms with Gasteiger partial charge >= 0.3 is 6.09 Å². The summed E-state index contributed by atoms with van der Waals surface area (Å²) >= 11 is 1.65. The summed E-state index contributed by atoms with van der Waals surface area (Å²) in [5, 5.41) is 6.91. The molecular weight excluding hydrogens is 398 g/mol. The molecule has 3 aromatic rings. The molecule has 0 bridgehead atoms. The first kappa shape index (κ1) is 20.6. The van der Waals surface area contributed by atoms with E-state index in [-0.39, 0.29) is 12.1 Å². The number of hydrogen-bond donors (Lipinski definition) is 1. The first-order valence-electron chi connectivity index (χ1n) is 10.1. The zero-order valence-electron chi connectivity index (χ0n) is 17.6. The zero-order valence-corrected chi connectivity index (χ0v) is 18.4. The lowest BCUT2D eigenvalue weighted by Gasteiger charge is -2.31. The van der Waals surface area contributed by atoms with E-state index in [0.717, 1.165) is 45.8 Å². The van der Waals surface area contributed by atoms with Crippen LogP contribution in [0.15, 0.2) is 35.7 Å². The maximum absolute atomic E-state index is 11.8. The lowest BCUT2D eigenvalue weighted by atomic mass is 10.0. The molecule has 0 saturated carbocycles. The third-order valence-corrected chi connectivity index (χ3v) is 6.16. The highest BCUT2D eigenvalue weighted by Gasteiger charge is 2.25. The van der Waals surface area contributed by atoms with Crippen molar-refractivity contribution in [3.8, 4) is 11.1 Å². The number of nitrogens with zero attached hydrogens (tertiary/aromatic N) is 4. The van der Waals surface area contributed by atoms with Crippen molar-refractivity contribution in [3.05, 3.63) is 41.5 Å². The highest BCUT2D eigenvalue weighted by atomic mass is 32.1. The lowest BCUT2D eigenvalue weighted by Crippen LogP contribution is -2.42. The number of ether oxygens (including phenoxy) is 1. The number of piperidine rings is 1. The second kappa shape index (κ2) is 8.97. The van der Waals surface area contributed by atoms with Gasteiger partial charge in [-0.05, 0) is 32.5 Å². The van der Waals surface area contributed by atoms with Gasteiger partial charge in [0.15, 0.2) is 0 Å².